The number of carboxylic acids is 1. The molecular weight excluding hydrogens is 392 g/mol. The summed E-state index contributed by atoms with van der Waals surface area (Å²) in [7, 11) is 0. The van der Waals surface area contributed by atoms with Gasteiger partial charge in [0.2, 0.25) is 5.89 Å². The van der Waals surface area contributed by atoms with E-state index in [0.717, 1.165) is 5.56 Å². The second-order valence-electron chi connectivity index (χ2n) is 6.06. The summed E-state index contributed by atoms with van der Waals surface area (Å²) in [6, 6.07) is 7.63. The van der Waals surface area contributed by atoms with E-state index in [1.165, 1.54) is 12.1 Å². The molecule has 3 rings (SSSR count). The maximum Gasteiger partial charge on any atom is 1.00 e. The third-order valence-electron chi connectivity index (χ3n) is 4.01. The van der Waals surface area contributed by atoms with Gasteiger partial charge in [0, 0.05) is 5.56 Å². The summed E-state index contributed by atoms with van der Waals surface area (Å²) in [5.41, 5.74) is 2.59. The van der Waals surface area contributed by atoms with Crippen molar-refractivity contribution in [3.05, 3.63) is 47.8 Å². The number of halogens is 1. The van der Waals surface area contributed by atoms with Gasteiger partial charge < -0.3 is 25.0 Å². The minimum absolute atomic E-state index is 0. The zero-order chi connectivity index (χ0) is 19.6. The quantitative estimate of drug-likeness (QED) is 0.558. The van der Waals surface area contributed by atoms with Crippen LogP contribution in [0.4, 0.5) is 14.9 Å². The molecule has 7 nitrogen and oxygen atoms in total. The standard InChI is InChI=1S/C19H18FN3O4.K/c1-3-13(18(24)25)22-19(26)23-14-6-5-11(9-12(14)20)17-21-15-8-10(2)4-7-16(15)27-17;/h4-9,13H,3H2,1-2H3,(H,24,25)(H2,22,23,26);/q;+1/p-1. The Bertz CT molecular complexity index is 1020. The van der Waals surface area contributed by atoms with Gasteiger partial charge in [-0.2, -0.15) is 0 Å². The second-order valence-corrected chi connectivity index (χ2v) is 6.06. The van der Waals surface area contributed by atoms with Crippen molar-refractivity contribution in [2.75, 3.05) is 5.32 Å². The smallest absolute Gasteiger partial charge is 0.548 e. The summed E-state index contributed by atoms with van der Waals surface area (Å²) in [4.78, 5) is 27.0. The van der Waals surface area contributed by atoms with Gasteiger partial charge in [-0.3, -0.25) is 0 Å². The molecule has 0 aliphatic heterocycles. The van der Waals surface area contributed by atoms with Crippen LogP contribution in [0.1, 0.15) is 18.9 Å². The Balaban J connectivity index is 0.00000280. The van der Waals surface area contributed by atoms with Gasteiger partial charge in [-0.05, 0) is 49.2 Å². The van der Waals surface area contributed by atoms with Crippen molar-refractivity contribution in [1.82, 2.24) is 10.3 Å². The predicted octanol–water partition coefficient (Wildman–Crippen LogP) is -0.404. The van der Waals surface area contributed by atoms with Crippen LogP contribution in [-0.4, -0.2) is 23.0 Å². The fraction of sp³-hybridized carbons (Fsp3) is 0.211. The average Bonchev–Trinajstić information content (AvgIpc) is 3.04. The molecule has 3 aromatic rings. The van der Waals surface area contributed by atoms with Crippen molar-refractivity contribution in [3.8, 4) is 11.5 Å². The maximum atomic E-state index is 14.4. The Kier molecular flexibility index (Phi) is 7.73. The summed E-state index contributed by atoms with van der Waals surface area (Å²) >= 11 is 0. The van der Waals surface area contributed by atoms with E-state index in [1.807, 2.05) is 19.1 Å². The molecule has 2 N–H and O–H groups in total. The Morgan fingerprint density at radius 3 is 2.64 bits per heavy atom. The van der Waals surface area contributed by atoms with E-state index < -0.39 is 23.9 Å². The summed E-state index contributed by atoms with van der Waals surface area (Å²) in [6.45, 7) is 3.51. The van der Waals surface area contributed by atoms with Crippen molar-refractivity contribution in [1.29, 1.82) is 0 Å². The fourth-order valence-electron chi connectivity index (χ4n) is 2.55. The number of urea groups is 1. The predicted molar refractivity (Wildman–Crippen MR) is 95.4 cm³/mol. The normalized spacial score (nSPS) is 11.5. The summed E-state index contributed by atoms with van der Waals surface area (Å²) in [5, 5.41) is 15.3. The number of carbonyl (C=O) groups is 2. The molecular formula is C19H17FKN3O4. The van der Waals surface area contributed by atoms with Gasteiger partial charge in [0.1, 0.15) is 11.3 Å². The van der Waals surface area contributed by atoms with Crippen molar-refractivity contribution >= 4 is 28.8 Å². The van der Waals surface area contributed by atoms with Gasteiger partial charge in [0.05, 0.1) is 17.7 Å². The molecule has 28 heavy (non-hydrogen) atoms. The van der Waals surface area contributed by atoms with Gasteiger partial charge in [-0.25, -0.2) is 14.2 Å². The molecule has 0 aliphatic carbocycles. The van der Waals surface area contributed by atoms with Crippen molar-refractivity contribution in [3.63, 3.8) is 0 Å². The first kappa shape index (κ1) is 22.5. The number of rotatable bonds is 5. The SMILES string of the molecule is CCC(NC(=O)Nc1ccc(-c2nc3cc(C)ccc3o2)cc1F)C(=O)[O-].[K+]. The Morgan fingerprint density at radius 1 is 1.25 bits per heavy atom. The van der Waals surface area contributed by atoms with Gasteiger partial charge in [0.25, 0.3) is 0 Å². The summed E-state index contributed by atoms with van der Waals surface area (Å²) in [5.74, 6) is -1.86. The average molecular weight is 409 g/mol. The van der Waals surface area contributed by atoms with Crippen LogP contribution in [0.15, 0.2) is 40.8 Å². The minimum Gasteiger partial charge on any atom is -0.548 e. The number of carbonyl (C=O) groups excluding carboxylic acids is 2. The number of hydrogen-bond acceptors (Lipinski definition) is 5. The topological polar surface area (TPSA) is 107 Å². The number of nitrogens with one attached hydrogen (secondary N) is 2. The summed E-state index contributed by atoms with van der Waals surface area (Å²) in [6.07, 6.45) is 0.147. The molecule has 1 aromatic heterocycles. The monoisotopic (exact) mass is 409 g/mol. The molecule has 0 saturated heterocycles. The van der Waals surface area contributed by atoms with E-state index in [9.17, 15) is 19.1 Å². The van der Waals surface area contributed by atoms with Crippen LogP contribution in [0.3, 0.4) is 0 Å². The number of amides is 2. The van der Waals surface area contributed by atoms with Crippen LogP contribution in [-0.2, 0) is 4.79 Å². The molecule has 140 valence electrons. The van der Waals surface area contributed by atoms with Crippen LogP contribution in [0.2, 0.25) is 0 Å². The van der Waals surface area contributed by atoms with Gasteiger partial charge in [-0.1, -0.05) is 13.0 Å². The first-order valence-corrected chi connectivity index (χ1v) is 8.33. The van der Waals surface area contributed by atoms with Crippen LogP contribution in [0, 0.1) is 12.7 Å². The molecule has 9 heteroatoms. The number of fused-ring (bicyclic) bond motifs is 1. The van der Waals surface area contributed by atoms with Crippen molar-refractivity contribution in [2.45, 2.75) is 26.3 Å². The molecule has 1 atom stereocenters. The molecule has 0 radical (unpaired) electrons. The fourth-order valence-corrected chi connectivity index (χ4v) is 2.55. The molecule has 0 fully saturated rings. The number of carboxylic acid groups (broad SMARTS) is 1. The van der Waals surface area contributed by atoms with Crippen molar-refractivity contribution in [2.24, 2.45) is 0 Å². The molecule has 1 unspecified atom stereocenters. The maximum absolute atomic E-state index is 14.4. The molecule has 2 amide bonds. The van der Waals surface area contributed by atoms with Gasteiger partial charge >= 0.3 is 57.4 Å². The third-order valence-corrected chi connectivity index (χ3v) is 4.01. The second kappa shape index (κ2) is 9.62. The first-order chi connectivity index (χ1) is 12.9. The van der Waals surface area contributed by atoms with E-state index in [4.69, 9.17) is 4.42 Å². The molecule has 0 bridgehead atoms. The van der Waals surface area contributed by atoms with Crippen molar-refractivity contribution < 1.29 is 74.9 Å². The molecule has 0 aliphatic rings. The molecule has 0 spiro atoms. The van der Waals surface area contributed by atoms with E-state index >= 15 is 0 Å². The number of oxazole rings is 1. The summed E-state index contributed by atoms with van der Waals surface area (Å²) < 4.78 is 20.0. The van der Waals surface area contributed by atoms with Crippen LogP contribution < -0.4 is 67.1 Å². The van der Waals surface area contributed by atoms with Crippen LogP contribution in [0.5, 0.6) is 0 Å². The minimum atomic E-state index is -1.41. The van der Waals surface area contributed by atoms with Crippen LogP contribution in [0.25, 0.3) is 22.6 Å². The zero-order valence-electron chi connectivity index (χ0n) is 15.7. The first-order valence-electron chi connectivity index (χ1n) is 8.33. The number of aryl methyl sites for hydroxylation is 1. The number of anilines is 1. The van der Waals surface area contributed by atoms with E-state index in [2.05, 4.69) is 15.6 Å². The molecule has 0 saturated carbocycles. The van der Waals surface area contributed by atoms with E-state index in [-0.39, 0.29) is 69.4 Å². The number of hydrogen-bond donors (Lipinski definition) is 2. The number of aliphatic carboxylic acids is 1. The number of aromatic nitrogens is 1. The molecule has 2 aromatic carbocycles. The number of nitrogens with zero attached hydrogens (tertiary/aromatic N) is 1. The largest absolute Gasteiger partial charge is 1.00 e. The third kappa shape index (κ3) is 5.18. The number of benzene rings is 2. The van der Waals surface area contributed by atoms with E-state index in [0.29, 0.717) is 16.7 Å². The Morgan fingerprint density at radius 2 is 2.00 bits per heavy atom. The Labute approximate surface area is 203 Å². The van der Waals surface area contributed by atoms with Gasteiger partial charge in [-0.15, -0.1) is 0 Å². The van der Waals surface area contributed by atoms with E-state index in [1.54, 1.807) is 19.1 Å². The Hall–Kier alpha value is -1.78. The van der Waals surface area contributed by atoms with Crippen LogP contribution >= 0.6 is 0 Å². The van der Waals surface area contributed by atoms with Gasteiger partial charge in [0.15, 0.2) is 5.58 Å². The zero-order valence-corrected chi connectivity index (χ0v) is 18.8. The molecule has 1 heterocycles.